The number of esters is 1. The third kappa shape index (κ3) is 4.07. The highest BCUT2D eigenvalue weighted by molar-refractivity contribution is 5.68. The minimum absolute atomic E-state index is 0.0832. The van der Waals surface area contributed by atoms with Crippen molar-refractivity contribution in [1.82, 2.24) is 0 Å². The van der Waals surface area contributed by atoms with Crippen LogP contribution >= 0.6 is 0 Å². The van der Waals surface area contributed by atoms with E-state index in [0.29, 0.717) is 6.42 Å². The molecule has 0 saturated heterocycles. The van der Waals surface area contributed by atoms with Gasteiger partial charge in [0.1, 0.15) is 0 Å². The molecule has 0 fully saturated rings. The molecule has 0 saturated carbocycles. The fourth-order valence-corrected chi connectivity index (χ4v) is 2.89. The maximum Gasteiger partial charge on any atom is 0.305 e. The molecule has 0 spiro atoms. The summed E-state index contributed by atoms with van der Waals surface area (Å²) < 4.78 is 4.63. The smallest absolute Gasteiger partial charge is 0.305 e. The van der Waals surface area contributed by atoms with Crippen LogP contribution in [0.5, 0.6) is 0 Å². The highest BCUT2D eigenvalue weighted by atomic mass is 16.5. The number of benzene rings is 1. The number of fused-ring (bicyclic) bond motifs is 1. The molecule has 1 aromatic rings. The van der Waals surface area contributed by atoms with Gasteiger partial charge in [-0.2, -0.15) is 0 Å². The van der Waals surface area contributed by atoms with E-state index >= 15 is 0 Å². The van der Waals surface area contributed by atoms with E-state index in [0.717, 1.165) is 19.3 Å². The molecule has 0 aromatic heterocycles. The molecule has 1 aliphatic rings. The Morgan fingerprint density at radius 1 is 1.25 bits per heavy atom. The Balaban J connectivity index is 1.83. The fourth-order valence-electron chi connectivity index (χ4n) is 2.89. The molecule has 20 heavy (non-hydrogen) atoms. The van der Waals surface area contributed by atoms with Gasteiger partial charge in [0.2, 0.25) is 0 Å². The minimum Gasteiger partial charge on any atom is -0.469 e. The number of unbranched alkanes of at least 4 members (excludes halogenated alkanes) is 1. The number of methoxy groups -OCH3 is 1. The van der Waals surface area contributed by atoms with E-state index in [4.69, 9.17) is 5.73 Å². The summed E-state index contributed by atoms with van der Waals surface area (Å²) in [7, 11) is 1.43. The van der Waals surface area contributed by atoms with Crippen LogP contribution in [-0.4, -0.2) is 13.1 Å². The van der Waals surface area contributed by atoms with Gasteiger partial charge in [0.15, 0.2) is 0 Å². The Morgan fingerprint density at radius 2 is 2.00 bits per heavy atom. The van der Waals surface area contributed by atoms with Crippen molar-refractivity contribution in [1.29, 1.82) is 0 Å². The second-order valence-electron chi connectivity index (χ2n) is 5.66. The predicted molar refractivity (Wildman–Crippen MR) is 80.5 cm³/mol. The lowest BCUT2D eigenvalue weighted by molar-refractivity contribution is -0.140. The molecule has 3 heteroatoms. The van der Waals surface area contributed by atoms with E-state index in [1.54, 1.807) is 0 Å². The molecule has 2 N–H and O–H groups in total. The van der Waals surface area contributed by atoms with Crippen LogP contribution in [0.25, 0.3) is 0 Å². The SMILES string of the molecule is COC(=O)CCCCC(N)c1ccc2c(c1)CCCC2. The lowest BCUT2D eigenvalue weighted by atomic mass is 9.88. The summed E-state index contributed by atoms with van der Waals surface area (Å²) in [5.41, 5.74) is 10.5. The first-order valence-corrected chi connectivity index (χ1v) is 7.65. The van der Waals surface area contributed by atoms with Crippen molar-refractivity contribution in [2.75, 3.05) is 7.11 Å². The van der Waals surface area contributed by atoms with Crippen molar-refractivity contribution in [3.05, 3.63) is 34.9 Å². The first-order valence-electron chi connectivity index (χ1n) is 7.65. The number of ether oxygens (including phenoxy) is 1. The van der Waals surface area contributed by atoms with Crippen LogP contribution in [0.1, 0.15) is 61.3 Å². The molecule has 0 aliphatic heterocycles. The molecule has 0 heterocycles. The fraction of sp³-hybridized carbons (Fsp3) is 0.588. The number of carbonyl (C=O) groups excluding carboxylic acids is 1. The Labute approximate surface area is 121 Å². The average Bonchev–Trinajstić information content (AvgIpc) is 2.50. The molecular formula is C17H25NO2. The van der Waals surface area contributed by atoms with Crippen LogP contribution in [0.3, 0.4) is 0 Å². The average molecular weight is 275 g/mol. The molecule has 1 aromatic carbocycles. The van der Waals surface area contributed by atoms with Crippen LogP contribution in [0.2, 0.25) is 0 Å². The monoisotopic (exact) mass is 275 g/mol. The topological polar surface area (TPSA) is 52.3 Å². The lowest BCUT2D eigenvalue weighted by Crippen LogP contribution is -2.12. The van der Waals surface area contributed by atoms with Gasteiger partial charge in [-0.15, -0.1) is 0 Å². The molecule has 3 nitrogen and oxygen atoms in total. The number of rotatable bonds is 6. The number of nitrogens with two attached hydrogens (primary N) is 1. The van der Waals surface area contributed by atoms with Crippen molar-refractivity contribution in [3.63, 3.8) is 0 Å². The summed E-state index contributed by atoms with van der Waals surface area (Å²) in [5, 5.41) is 0. The van der Waals surface area contributed by atoms with Crippen LogP contribution in [0.15, 0.2) is 18.2 Å². The van der Waals surface area contributed by atoms with Gasteiger partial charge in [-0.1, -0.05) is 24.6 Å². The maximum absolute atomic E-state index is 11.0. The van der Waals surface area contributed by atoms with Crippen molar-refractivity contribution >= 4 is 5.97 Å². The zero-order chi connectivity index (χ0) is 14.4. The Bertz CT molecular complexity index is 456. The van der Waals surface area contributed by atoms with Crippen LogP contribution in [-0.2, 0) is 22.4 Å². The van der Waals surface area contributed by atoms with Gasteiger partial charge in [-0.25, -0.2) is 0 Å². The van der Waals surface area contributed by atoms with E-state index in [-0.39, 0.29) is 12.0 Å². The summed E-state index contributed by atoms with van der Waals surface area (Å²) in [4.78, 5) is 11.0. The van der Waals surface area contributed by atoms with E-state index in [9.17, 15) is 4.79 Å². The first kappa shape index (κ1) is 15.0. The van der Waals surface area contributed by atoms with Gasteiger partial charge in [0.05, 0.1) is 7.11 Å². The first-order chi connectivity index (χ1) is 9.70. The van der Waals surface area contributed by atoms with Gasteiger partial charge >= 0.3 is 5.97 Å². The van der Waals surface area contributed by atoms with Crippen molar-refractivity contribution in [2.45, 2.75) is 57.4 Å². The second kappa shape index (κ2) is 7.44. The highest BCUT2D eigenvalue weighted by Crippen LogP contribution is 2.25. The Hall–Kier alpha value is -1.35. The number of aryl methyl sites for hydroxylation is 2. The van der Waals surface area contributed by atoms with Crippen LogP contribution in [0, 0.1) is 0 Å². The Morgan fingerprint density at radius 3 is 2.75 bits per heavy atom. The quantitative estimate of drug-likeness (QED) is 0.640. The molecule has 0 amide bonds. The summed E-state index contributed by atoms with van der Waals surface area (Å²) in [6, 6.07) is 6.80. The van der Waals surface area contributed by atoms with E-state index in [2.05, 4.69) is 22.9 Å². The van der Waals surface area contributed by atoms with Crippen molar-refractivity contribution in [2.24, 2.45) is 5.73 Å². The summed E-state index contributed by atoms with van der Waals surface area (Å²) in [6.45, 7) is 0. The molecule has 1 atom stereocenters. The lowest BCUT2D eigenvalue weighted by Gasteiger charge is -2.19. The molecule has 110 valence electrons. The predicted octanol–water partition coefficient (Wildman–Crippen LogP) is 3.30. The summed E-state index contributed by atoms with van der Waals surface area (Å²) >= 11 is 0. The summed E-state index contributed by atoms with van der Waals surface area (Å²) in [6.07, 6.45) is 8.25. The Kier molecular flexibility index (Phi) is 5.60. The van der Waals surface area contributed by atoms with Crippen molar-refractivity contribution in [3.8, 4) is 0 Å². The van der Waals surface area contributed by atoms with Gasteiger partial charge in [0, 0.05) is 12.5 Å². The maximum atomic E-state index is 11.0. The third-order valence-corrected chi connectivity index (χ3v) is 4.17. The van der Waals surface area contributed by atoms with Crippen LogP contribution in [0.4, 0.5) is 0 Å². The molecule has 0 bridgehead atoms. The standard InChI is InChI=1S/C17H25NO2/c1-20-17(19)9-5-4-8-16(18)15-11-10-13-6-2-3-7-14(13)12-15/h10-12,16H,2-9,18H2,1H3. The highest BCUT2D eigenvalue weighted by Gasteiger charge is 2.12. The number of carbonyl (C=O) groups is 1. The van der Waals surface area contributed by atoms with E-state index in [1.165, 1.54) is 49.5 Å². The van der Waals surface area contributed by atoms with Crippen molar-refractivity contribution < 1.29 is 9.53 Å². The van der Waals surface area contributed by atoms with Gasteiger partial charge in [-0.05, 0) is 55.2 Å². The molecule has 2 rings (SSSR count). The third-order valence-electron chi connectivity index (χ3n) is 4.17. The van der Waals surface area contributed by atoms with E-state index < -0.39 is 0 Å². The number of hydrogen-bond donors (Lipinski definition) is 1. The van der Waals surface area contributed by atoms with Gasteiger partial charge in [0.25, 0.3) is 0 Å². The molecular weight excluding hydrogens is 250 g/mol. The van der Waals surface area contributed by atoms with Gasteiger partial charge < -0.3 is 10.5 Å². The molecule has 0 radical (unpaired) electrons. The van der Waals surface area contributed by atoms with E-state index in [1.807, 2.05) is 0 Å². The number of hydrogen-bond acceptors (Lipinski definition) is 3. The largest absolute Gasteiger partial charge is 0.469 e. The van der Waals surface area contributed by atoms with Gasteiger partial charge in [-0.3, -0.25) is 4.79 Å². The second-order valence-corrected chi connectivity index (χ2v) is 5.66. The zero-order valence-electron chi connectivity index (χ0n) is 12.4. The normalized spacial score (nSPS) is 15.5. The zero-order valence-corrected chi connectivity index (χ0v) is 12.4. The van der Waals surface area contributed by atoms with Crippen LogP contribution < -0.4 is 5.73 Å². The summed E-state index contributed by atoms with van der Waals surface area (Å²) in [5.74, 6) is -0.132. The molecule has 1 aliphatic carbocycles. The minimum atomic E-state index is -0.132. The molecule has 1 unspecified atom stereocenters.